The monoisotopic (exact) mass is 210 g/mol. The fraction of sp³-hybridized carbons (Fsp3) is 1.00. The number of rotatable bonds is 1. The lowest BCUT2D eigenvalue weighted by Crippen LogP contribution is -2.76. The summed E-state index contributed by atoms with van der Waals surface area (Å²) in [5.74, 6) is 0.646. The van der Waals surface area contributed by atoms with Crippen molar-refractivity contribution in [1.82, 2.24) is 4.90 Å². The van der Waals surface area contributed by atoms with Crippen molar-refractivity contribution in [2.75, 3.05) is 19.7 Å². The van der Waals surface area contributed by atoms with Gasteiger partial charge in [-0.15, -0.1) is 0 Å². The van der Waals surface area contributed by atoms with Crippen LogP contribution < -0.4 is 5.73 Å². The van der Waals surface area contributed by atoms with Crippen LogP contribution in [0.2, 0.25) is 0 Å². The molecule has 4 atom stereocenters. The molecule has 0 radical (unpaired) electrons. The van der Waals surface area contributed by atoms with Crippen LogP contribution in [0.15, 0.2) is 0 Å². The van der Waals surface area contributed by atoms with Crippen molar-refractivity contribution in [2.45, 2.75) is 44.9 Å². The first-order chi connectivity index (χ1) is 7.08. The highest BCUT2D eigenvalue weighted by Crippen LogP contribution is 2.44. The lowest BCUT2D eigenvalue weighted by atomic mass is 9.66. The first-order valence-electron chi connectivity index (χ1n) is 6.20. The van der Waals surface area contributed by atoms with E-state index in [0.717, 1.165) is 6.61 Å². The molecule has 2 saturated heterocycles. The summed E-state index contributed by atoms with van der Waals surface area (Å²) in [5.41, 5.74) is 6.75. The van der Waals surface area contributed by atoms with Gasteiger partial charge in [0.1, 0.15) is 0 Å². The summed E-state index contributed by atoms with van der Waals surface area (Å²) >= 11 is 0. The van der Waals surface area contributed by atoms with Crippen LogP contribution in [-0.2, 0) is 4.74 Å². The maximum Gasteiger partial charge on any atom is 0.0788 e. The quantitative estimate of drug-likeness (QED) is 0.697. The van der Waals surface area contributed by atoms with Crippen LogP contribution in [0.25, 0.3) is 0 Å². The largest absolute Gasteiger partial charge is 0.376 e. The van der Waals surface area contributed by atoms with Gasteiger partial charge in [0.05, 0.1) is 12.1 Å². The van der Waals surface area contributed by atoms with Gasteiger partial charge >= 0.3 is 0 Å². The van der Waals surface area contributed by atoms with Crippen molar-refractivity contribution in [2.24, 2.45) is 17.1 Å². The SMILES string of the molecule is CC1(C)CN(C2C(N)C3CCCOC32)C1. The third kappa shape index (κ3) is 1.44. The Balaban J connectivity index is 1.63. The van der Waals surface area contributed by atoms with E-state index in [1.807, 2.05) is 0 Å². The zero-order valence-electron chi connectivity index (χ0n) is 9.78. The minimum atomic E-state index is 0.367. The molecule has 0 spiro atoms. The van der Waals surface area contributed by atoms with Gasteiger partial charge in [-0.25, -0.2) is 0 Å². The van der Waals surface area contributed by atoms with Crippen LogP contribution in [0.5, 0.6) is 0 Å². The summed E-state index contributed by atoms with van der Waals surface area (Å²) in [7, 11) is 0. The van der Waals surface area contributed by atoms with Crippen LogP contribution in [0.1, 0.15) is 26.7 Å². The van der Waals surface area contributed by atoms with Gasteiger partial charge in [-0.2, -0.15) is 0 Å². The molecule has 2 aliphatic heterocycles. The Labute approximate surface area is 91.9 Å². The fourth-order valence-corrected chi connectivity index (χ4v) is 3.63. The van der Waals surface area contributed by atoms with Gasteiger partial charge in [0, 0.05) is 31.7 Å². The second-order valence-corrected chi connectivity index (χ2v) is 6.28. The first kappa shape index (κ1) is 10.1. The molecule has 3 heteroatoms. The number of nitrogens with zero attached hydrogens (tertiary/aromatic N) is 1. The van der Waals surface area contributed by atoms with Crippen LogP contribution in [0.4, 0.5) is 0 Å². The second kappa shape index (κ2) is 3.19. The molecule has 3 fully saturated rings. The molecular formula is C12H22N2O. The van der Waals surface area contributed by atoms with E-state index in [4.69, 9.17) is 10.5 Å². The smallest absolute Gasteiger partial charge is 0.0788 e. The third-order valence-electron chi connectivity index (χ3n) is 4.32. The minimum Gasteiger partial charge on any atom is -0.376 e. The van der Waals surface area contributed by atoms with Gasteiger partial charge in [0.25, 0.3) is 0 Å². The minimum absolute atomic E-state index is 0.367. The molecular weight excluding hydrogens is 188 g/mol. The summed E-state index contributed by atoms with van der Waals surface area (Å²) in [5, 5.41) is 0. The highest BCUT2D eigenvalue weighted by Gasteiger charge is 2.56. The van der Waals surface area contributed by atoms with Gasteiger partial charge in [0.15, 0.2) is 0 Å². The van der Waals surface area contributed by atoms with Gasteiger partial charge in [-0.1, -0.05) is 13.8 Å². The van der Waals surface area contributed by atoms with Crippen LogP contribution >= 0.6 is 0 Å². The molecule has 0 aromatic rings. The fourth-order valence-electron chi connectivity index (χ4n) is 3.63. The summed E-state index contributed by atoms with van der Waals surface area (Å²) in [6, 6.07) is 0.884. The van der Waals surface area contributed by atoms with E-state index in [-0.39, 0.29) is 0 Å². The lowest BCUT2D eigenvalue weighted by Gasteiger charge is -2.61. The topological polar surface area (TPSA) is 38.5 Å². The average molecular weight is 210 g/mol. The molecule has 3 aliphatic rings. The number of fused-ring (bicyclic) bond motifs is 1. The number of hydrogen-bond acceptors (Lipinski definition) is 3. The first-order valence-corrected chi connectivity index (χ1v) is 6.20. The Hall–Kier alpha value is -0.120. The Bertz CT molecular complexity index is 258. The Morgan fingerprint density at radius 1 is 1.33 bits per heavy atom. The van der Waals surface area contributed by atoms with E-state index in [9.17, 15) is 0 Å². The number of likely N-dealkylation sites (tertiary alicyclic amines) is 1. The molecule has 15 heavy (non-hydrogen) atoms. The highest BCUT2D eigenvalue weighted by atomic mass is 16.5. The van der Waals surface area contributed by atoms with Gasteiger partial charge in [-0.05, 0) is 18.3 Å². The van der Waals surface area contributed by atoms with E-state index in [1.54, 1.807) is 0 Å². The van der Waals surface area contributed by atoms with E-state index < -0.39 is 0 Å². The van der Waals surface area contributed by atoms with Crippen molar-refractivity contribution in [3.8, 4) is 0 Å². The standard InChI is InChI=1S/C12H22N2O/c1-12(2)6-14(7-12)10-9(13)8-4-3-5-15-11(8)10/h8-11H,3-7,13H2,1-2H3. The van der Waals surface area contributed by atoms with E-state index in [0.29, 0.717) is 29.5 Å². The van der Waals surface area contributed by atoms with E-state index in [2.05, 4.69) is 18.7 Å². The molecule has 3 rings (SSSR count). The average Bonchev–Trinajstić information content (AvgIpc) is 2.14. The molecule has 1 aliphatic carbocycles. The summed E-state index contributed by atoms with van der Waals surface area (Å²) < 4.78 is 5.86. The van der Waals surface area contributed by atoms with E-state index in [1.165, 1.54) is 25.9 Å². The highest BCUT2D eigenvalue weighted by molar-refractivity contribution is 5.11. The van der Waals surface area contributed by atoms with Crippen LogP contribution in [-0.4, -0.2) is 42.8 Å². The zero-order valence-corrected chi connectivity index (χ0v) is 9.78. The summed E-state index contributed by atoms with van der Waals surface area (Å²) in [4.78, 5) is 2.52. The second-order valence-electron chi connectivity index (χ2n) is 6.28. The van der Waals surface area contributed by atoms with Gasteiger partial charge in [0.2, 0.25) is 0 Å². The normalized spacial score (nSPS) is 49.0. The molecule has 0 aromatic carbocycles. The van der Waals surface area contributed by atoms with Crippen molar-refractivity contribution >= 4 is 0 Å². The molecule has 0 amide bonds. The van der Waals surface area contributed by atoms with Crippen molar-refractivity contribution < 1.29 is 4.74 Å². The molecule has 1 saturated carbocycles. The third-order valence-corrected chi connectivity index (χ3v) is 4.32. The van der Waals surface area contributed by atoms with E-state index >= 15 is 0 Å². The molecule has 86 valence electrons. The summed E-state index contributed by atoms with van der Waals surface area (Å²) in [6.07, 6.45) is 2.93. The number of ether oxygens (including phenoxy) is 1. The lowest BCUT2D eigenvalue weighted by molar-refractivity contribution is -0.183. The molecule has 3 nitrogen and oxygen atoms in total. The van der Waals surface area contributed by atoms with Crippen molar-refractivity contribution in [3.05, 3.63) is 0 Å². The molecule has 2 heterocycles. The molecule has 4 unspecified atom stereocenters. The Morgan fingerprint density at radius 2 is 2.07 bits per heavy atom. The van der Waals surface area contributed by atoms with Gasteiger partial charge < -0.3 is 10.5 Å². The molecule has 0 aromatic heterocycles. The van der Waals surface area contributed by atoms with Crippen LogP contribution in [0, 0.1) is 11.3 Å². The maximum atomic E-state index is 6.25. The zero-order chi connectivity index (χ0) is 10.6. The van der Waals surface area contributed by atoms with Crippen LogP contribution in [0.3, 0.4) is 0 Å². The Kier molecular flexibility index (Phi) is 2.14. The maximum absolute atomic E-state index is 6.25. The molecule has 0 bridgehead atoms. The Morgan fingerprint density at radius 3 is 2.73 bits per heavy atom. The van der Waals surface area contributed by atoms with Crippen molar-refractivity contribution in [3.63, 3.8) is 0 Å². The van der Waals surface area contributed by atoms with Gasteiger partial charge in [-0.3, -0.25) is 4.90 Å². The van der Waals surface area contributed by atoms with Crippen molar-refractivity contribution in [1.29, 1.82) is 0 Å². The number of hydrogen-bond donors (Lipinski definition) is 1. The molecule has 2 N–H and O–H groups in total. The summed E-state index contributed by atoms with van der Waals surface area (Å²) in [6.45, 7) is 7.98. The number of nitrogens with two attached hydrogens (primary N) is 1. The predicted octanol–water partition coefficient (Wildman–Crippen LogP) is 0.833. The predicted molar refractivity (Wildman–Crippen MR) is 59.6 cm³/mol.